The number of amides is 1. The Hall–Kier alpha value is -4.05. The Morgan fingerprint density at radius 3 is 2.29 bits per heavy atom. The van der Waals surface area contributed by atoms with Gasteiger partial charge in [0.2, 0.25) is 0 Å². The number of pyridine rings is 1. The highest BCUT2D eigenvalue weighted by molar-refractivity contribution is 6.08. The molecule has 0 unspecified atom stereocenters. The van der Waals surface area contributed by atoms with E-state index in [1.165, 1.54) is 12.1 Å². The molecule has 192 valence electrons. The molecule has 0 radical (unpaired) electrons. The van der Waals surface area contributed by atoms with Gasteiger partial charge in [-0.2, -0.15) is 0 Å². The minimum atomic E-state index is -0.262. The van der Waals surface area contributed by atoms with Gasteiger partial charge in [0.25, 0.3) is 5.91 Å². The van der Waals surface area contributed by atoms with Gasteiger partial charge in [0, 0.05) is 23.2 Å². The number of rotatable bonds is 5. The molecule has 2 heterocycles. The van der Waals surface area contributed by atoms with Crippen LogP contribution in [0.3, 0.4) is 0 Å². The molecule has 3 nitrogen and oxygen atoms in total. The summed E-state index contributed by atoms with van der Waals surface area (Å²) in [4.78, 5) is 20.9. The van der Waals surface area contributed by atoms with E-state index in [9.17, 15) is 9.18 Å². The lowest BCUT2D eigenvalue weighted by Crippen LogP contribution is -2.32. The van der Waals surface area contributed by atoms with Crippen LogP contribution in [0, 0.1) is 11.7 Å². The summed E-state index contributed by atoms with van der Waals surface area (Å²) < 4.78 is 14.0. The lowest BCUT2D eigenvalue weighted by molar-refractivity contribution is 0.0987. The van der Waals surface area contributed by atoms with Gasteiger partial charge in [-0.1, -0.05) is 88.4 Å². The standard InChI is InChI=1S/C34H33FN2O/c1-22(2)14-19-28-31(24-15-17-26(35)18-16-24)29-20-21-37(34(38)25-10-6-5-7-11-25)30-13-9-8-12-27(30)33(29)36-32(28)23(3)4/h5-19,22-23H,20-21H2,1-4H3/b19-14+. The molecule has 3 aromatic carbocycles. The summed E-state index contributed by atoms with van der Waals surface area (Å²) in [6.45, 7) is 9.14. The van der Waals surface area contributed by atoms with Crippen molar-refractivity contribution in [3.8, 4) is 22.4 Å². The number of hydrogen-bond donors (Lipinski definition) is 0. The lowest BCUT2D eigenvalue weighted by Gasteiger charge is -2.23. The quantitative estimate of drug-likeness (QED) is 0.273. The van der Waals surface area contributed by atoms with Gasteiger partial charge in [-0.25, -0.2) is 4.39 Å². The van der Waals surface area contributed by atoms with Gasteiger partial charge < -0.3 is 4.90 Å². The van der Waals surface area contributed by atoms with Gasteiger partial charge in [0.1, 0.15) is 5.82 Å². The van der Waals surface area contributed by atoms with Crippen LogP contribution < -0.4 is 4.90 Å². The summed E-state index contributed by atoms with van der Waals surface area (Å²) in [7, 11) is 0. The predicted octanol–water partition coefficient (Wildman–Crippen LogP) is 8.55. The van der Waals surface area contributed by atoms with Crippen molar-refractivity contribution in [1.82, 2.24) is 4.98 Å². The van der Waals surface area contributed by atoms with Crippen LogP contribution in [0.25, 0.3) is 28.5 Å². The van der Waals surface area contributed by atoms with Crippen molar-refractivity contribution in [1.29, 1.82) is 0 Å². The van der Waals surface area contributed by atoms with Crippen molar-refractivity contribution in [3.05, 3.63) is 113 Å². The Morgan fingerprint density at radius 1 is 0.921 bits per heavy atom. The first kappa shape index (κ1) is 25.6. The fourth-order valence-electron chi connectivity index (χ4n) is 5.17. The molecule has 0 N–H and O–H groups in total. The summed E-state index contributed by atoms with van der Waals surface area (Å²) >= 11 is 0. The molecule has 1 aliphatic heterocycles. The van der Waals surface area contributed by atoms with Crippen LogP contribution >= 0.6 is 0 Å². The van der Waals surface area contributed by atoms with Gasteiger partial charge in [-0.3, -0.25) is 9.78 Å². The van der Waals surface area contributed by atoms with E-state index in [0.29, 0.717) is 24.4 Å². The van der Waals surface area contributed by atoms with Crippen molar-refractivity contribution < 1.29 is 9.18 Å². The molecule has 4 heteroatoms. The van der Waals surface area contributed by atoms with E-state index in [4.69, 9.17) is 4.98 Å². The summed E-state index contributed by atoms with van der Waals surface area (Å²) in [5.41, 5.74) is 8.52. The second-order valence-electron chi connectivity index (χ2n) is 10.5. The highest BCUT2D eigenvalue weighted by Crippen LogP contribution is 2.43. The lowest BCUT2D eigenvalue weighted by atomic mass is 9.86. The van der Waals surface area contributed by atoms with Crippen LogP contribution in [0.4, 0.5) is 10.1 Å². The monoisotopic (exact) mass is 504 g/mol. The minimum Gasteiger partial charge on any atom is -0.307 e. The molecule has 0 saturated carbocycles. The van der Waals surface area contributed by atoms with E-state index in [1.54, 1.807) is 0 Å². The molecule has 4 aromatic rings. The third kappa shape index (κ3) is 4.91. The van der Waals surface area contributed by atoms with Crippen molar-refractivity contribution in [2.45, 2.75) is 40.0 Å². The molecule has 5 rings (SSSR count). The molecule has 0 aliphatic carbocycles. The highest BCUT2D eigenvalue weighted by Gasteiger charge is 2.30. The molecule has 1 aliphatic rings. The van der Waals surface area contributed by atoms with E-state index in [1.807, 2.05) is 65.6 Å². The average molecular weight is 505 g/mol. The van der Waals surface area contributed by atoms with Gasteiger partial charge in [0.05, 0.1) is 17.1 Å². The van der Waals surface area contributed by atoms with E-state index in [-0.39, 0.29) is 17.6 Å². The number of fused-ring (bicyclic) bond motifs is 3. The second kappa shape index (κ2) is 10.7. The Bertz CT molecular complexity index is 1490. The fraction of sp³-hybridized carbons (Fsp3) is 0.235. The molecule has 1 aromatic heterocycles. The maximum Gasteiger partial charge on any atom is 0.258 e. The van der Waals surface area contributed by atoms with E-state index in [0.717, 1.165) is 44.9 Å². The minimum absolute atomic E-state index is 0.0294. The van der Waals surface area contributed by atoms with Crippen molar-refractivity contribution >= 4 is 17.7 Å². The SMILES string of the molecule is CC(C)/C=C/c1c(C(C)C)nc2c(c1-c1ccc(F)cc1)CCN(C(=O)c1ccccc1)c1ccccc1-2. The van der Waals surface area contributed by atoms with Gasteiger partial charge in [-0.05, 0) is 65.3 Å². The number of hydrogen-bond acceptors (Lipinski definition) is 2. The van der Waals surface area contributed by atoms with Gasteiger partial charge in [-0.15, -0.1) is 0 Å². The summed E-state index contributed by atoms with van der Waals surface area (Å²) in [5, 5.41) is 0. The van der Waals surface area contributed by atoms with Crippen molar-refractivity contribution in [2.75, 3.05) is 11.4 Å². The topological polar surface area (TPSA) is 33.2 Å². The van der Waals surface area contributed by atoms with Crippen molar-refractivity contribution in [3.63, 3.8) is 0 Å². The smallest absolute Gasteiger partial charge is 0.258 e. The Balaban J connectivity index is 1.79. The molecule has 0 atom stereocenters. The number of allylic oxidation sites excluding steroid dienone is 1. The van der Waals surface area contributed by atoms with Crippen LogP contribution in [-0.4, -0.2) is 17.4 Å². The molecule has 1 amide bonds. The van der Waals surface area contributed by atoms with Crippen LogP contribution in [0.2, 0.25) is 0 Å². The van der Waals surface area contributed by atoms with E-state index in [2.05, 4.69) is 45.9 Å². The Kier molecular flexibility index (Phi) is 7.24. The first-order valence-electron chi connectivity index (χ1n) is 13.3. The molecule has 0 fully saturated rings. The summed E-state index contributed by atoms with van der Waals surface area (Å²) in [6.07, 6.45) is 5.00. The first-order chi connectivity index (χ1) is 18.3. The average Bonchev–Trinajstić information content (AvgIpc) is 3.08. The molecule has 38 heavy (non-hydrogen) atoms. The Morgan fingerprint density at radius 2 is 1.61 bits per heavy atom. The normalized spacial score (nSPS) is 13.1. The molecule has 0 bridgehead atoms. The predicted molar refractivity (Wildman–Crippen MR) is 155 cm³/mol. The highest BCUT2D eigenvalue weighted by atomic mass is 19.1. The summed E-state index contributed by atoms with van der Waals surface area (Å²) in [6, 6.07) is 24.2. The zero-order valence-electron chi connectivity index (χ0n) is 22.4. The molecular formula is C34H33FN2O. The number of para-hydroxylation sites is 1. The van der Waals surface area contributed by atoms with E-state index < -0.39 is 0 Å². The molecule has 0 spiro atoms. The second-order valence-corrected chi connectivity index (χ2v) is 10.5. The van der Waals surface area contributed by atoms with Crippen LogP contribution in [0.15, 0.2) is 84.9 Å². The number of nitrogens with zero attached hydrogens (tertiary/aromatic N) is 2. The largest absolute Gasteiger partial charge is 0.307 e. The third-order valence-corrected chi connectivity index (χ3v) is 6.99. The molecular weight excluding hydrogens is 471 g/mol. The zero-order valence-corrected chi connectivity index (χ0v) is 22.4. The van der Waals surface area contributed by atoms with Crippen molar-refractivity contribution in [2.24, 2.45) is 5.92 Å². The summed E-state index contributed by atoms with van der Waals surface area (Å²) in [5.74, 6) is 0.249. The maximum absolute atomic E-state index is 14.0. The first-order valence-corrected chi connectivity index (χ1v) is 13.3. The van der Waals surface area contributed by atoms with Crippen LogP contribution in [0.1, 0.15) is 60.8 Å². The number of carbonyl (C=O) groups excluding carboxylic acids is 1. The Labute approximate surface area is 224 Å². The van der Waals surface area contributed by atoms with Gasteiger partial charge in [0.15, 0.2) is 0 Å². The number of carbonyl (C=O) groups is 1. The maximum atomic E-state index is 14.0. The van der Waals surface area contributed by atoms with Crippen LogP contribution in [-0.2, 0) is 6.42 Å². The number of aromatic nitrogens is 1. The number of halogens is 1. The van der Waals surface area contributed by atoms with E-state index >= 15 is 0 Å². The molecule has 0 saturated heterocycles. The third-order valence-electron chi connectivity index (χ3n) is 6.99. The number of benzene rings is 3. The van der Waals surface area contributed by atoms with Gasteiger partial charge >= 0.3 is 0 Å². The zero-order chi connectivity index (χ0) is 26.8. The fourth-order valence-corrected chi connectivity index (χ4v) is 5.17. The number of anilines is 1. The van der Waals surface area contributed by atoms with Crippen LogP contribution in [0.5, 0.6) is 0 Å².